The van der Waals surface area contributed by atoms with Crippen LogP contribution >= 0.6 is 0 Å². The number of hydrogen-bond donors (Lipinski definition) is 2. The van der Waals surface area contributed by atoms with Crippen LogP contribution in [0.5, 0.6) is 0 Å². The molecule has 1 aliphatic rings. The minimum atomic E-state index is -0.472. The predicted molar refractivity (Wildman–Crippen MR) is 126 cm³/mol. The maximum absolute atomic E-state index is 12.9. The van der Waals surface area contributed by atoms with Gasteiger partial charge < -0.3 is 10.6 Å². The summed E-state index contributed by atoms with van der Waals surface area (Å²) in [6.07, 6.45) is 0. The number of aliphatic imine (C=N–C) groups is 1. The highest BCUT2D eigenvalue weighted by atomic mass is 16.2. The van der Waals surface area contributed by atoms with Crippen LogP contribution in [0.15, 0.2) is 59.1 Å². The Hall–Kier alpha value is -3.72. The fourth-order valence-electron chi connectivity index (χ4n) is 3.31. The lowest BCUT2D eigenvalue weighted by atomic mass is 9.87. The molecule has 0 spiro atoms. The molecule has 2 aromatic rings. The number of benzene rings is 2. The van der Waals surface area contributed by atoms with Crippen molar-refractivity contribution in [3.8, 4) is 6.07 Å². The van der Waals surface area contributed by atoms with Gasteiger partial charge in [-0.15, -0.1) is 0 Å². The number of amidine groups is 1. The largest absolute Gasteiger partial charge is 0.351 e. The summed E-state index contributed by atoms with van der Waals surface area (Å²) in [5.74, 6) is -0.198. The van der Waals surface area contributed by atoms with Crippen molar-refractivity contribution in [1.82, 2.24) is 10.6 Å². The molecule has 0 saturated heterocycles. The van der Waals surface area contributed by atoms with E-state index >= 15 is 0 Å². The number of fused-ring (bicyclic) bond motifs is 1. The van der Waals surface area contributed by atoms with Crippen molar-refractivity contribution in [3.63, 3.8) is 0 Å². The van der Waals surface area contributed by atoms with Gasteiger partial charge in [-0.25, -0.2) is 4.99 Å². The van der Waals surface area contributed by atoms with Crippen LogP contribution in [-0.4, -0.2) is 24.2 Å². The summed E-state index contributed by atoms with van der Waals surface area (Å²) in [7, 11) is 0. The molecule has 2 N–H and O–H groups in total. The Labute approximate surface area is 189 Å². The van der Waals surface area contributed by atoms with Gasteiger partial charge in [-0.2, -0.15) is 5.26 Å². The Morgan fingerprint density at radius 2 is 1.66 bits per heavy atom. The van der Waals surface area contributed by atoms with E-state index in [1.807, 2.05) is 50.2 Å². The molecule has 0 radical (unpaired) electrons. The monoisotopic (exact) mass is 428 g/mol. The third-order valence-corrected chi connectivity index (χ3v) is 5.15. The molecule has 0 atom stereocenters. The van der Waals surface area contributed by atoms with Gasteiger partial charge in [0, 0.05) is 23.2 Å². The first-order valence-electron chi connectivity index (χ1n) is 10.6. The first-order chi connectivity index (χ1) is 15.1. The smallest absolute Gasteiger partial charge is 0.264 e. The van der Waals surface area contributed by atoms with E-state index in [2.05, 4.69) is 36.4 Å². The summed E-state index contributed by atoms with van der Waals surface area (Å²) < 4.78 is 0. The van der Waals surface area contributed by atoms with Crippen LogP contribution in [0.25, 0.3) is 5.70 Å². The minimum Gasteiger partial charge on any atom is -0.351 e. The number of nitrogens with one attached hydrogen (secondary N) is 2. The van der Waals surface area contributed by atoms with Crippen LogP contribution in [0.4, 0.5) is 0 Å². The van der Waals surface area contributed by atoms with E-state index in [0.29, 0.717) is 29.1 Å². The Balaban J connectivity index is 1.92. The van der Waals surface area contributed by atoms with Gasteiger partial charge in [0.15, 0.2) is 0 Å². The lowest BCUT2D eigenvalue weighted by Crippen LogP contribution is -2.30. The van der Waals surface area contributed by atoms with E-state index < -0.39 is 5.91 Å². The van der Waals surface area contributed by atoms with Gasteiger partial charge in [-0.1, -0.05) is 71.0 Å². The first-order valence-corrected chi connectivity index (χ1v) is 10.6. The molecular formula is C26H28N4O2. The molecule has 2 amide bonds. The van der Waals surface area contributed by atoms with E-state index in [9.17, 15) is 14.9 Å². The van der Waals surface area contributed by atoms with Gasteiger partial charge in [-0.05, 0) is 29.0 Å². The molecule has 0 fully saturated rings. The third-order valence-electron chi connectivity index (χ3n) is 5.15. The topological polar surface area (TPSA) is 94.3 Å². The predicted octanol–water partition coefficient (Wildman–Crippen LogP) is 4.18. The van der Waals surface area contributed by atoms with Crippen LogP contribution in [0.2, 0.25) is 0 Å². The zero-order valence-electron chi connectivity index (χ0n) is 19.1. The molecule has 3 rings (SSSR count). The van der Waals surface area contributed by atoms with Crippen molar-refractivity contribution in [1.29, 1.82) is 5.26 Å². The molecule has 0 aliphatic carbocycles. The second-order valence-electron chi connectivity index (χ2n) is 9.23. The van der Waals surface area contributed by atoms with Crippen LogP contribution in [0, 0.1) is 17.2 Å². The summed E-state index contributed by atoms with van der Waals surface area (Å²) in [5.41, 5.74) is 3.14. The van der Waals surface area contributed by atoms with Gasteiger partial charge in [0.25, 0.3) is 11.8 Å². The van der Waals surface area contributed by atoms with Gasteiger partial charge >= 0.3 is 0 Å². The molecule has 1 heterocycles. The molecule has 0 saturated carbocycles. The average Bonchev–Trinajstić information content (AvgIpc) is 3.10. The summed E-state index contributed by atoms with van der Waals surface area (Å²) in [4.78, 5) is 29.9. The molecule has 1 aliphatic heterocycles. The molecule has 164 valence electrons. The van der Waals surface area contributed by atoms with E-state index in [0.717, 1.165) is 5.56 Å². The van der Waals surface area contributed by atoms with E-state index in [4.69, 9.17) is 0 Å². The Morgan fingerprint density at radius 1 is 1.03 bits per heavy atom. The SMILES string of the molecule is CC(C)CNC(=O)/C(C#N)=C1\N=C(NC(=O)c2ccc(C(C)(C)C)cc2)c2ccccc21. The molecule has 6 heteroatoms. The number of carbonyl (C=O) groups is 2. The van der Waals surface area contributed by atoms with Crippen LogP contribution in [0.3, 0.4) is 0 Å². The summed E-state index contributed by atoms with van der Waals surface area (Å²) in [6, 6.07) is 16.7. The summed E-state index contributed by atoms with van der Waals surface area (Å²) in [5, 5.41) is 15.3. The van der Waals surface area contributed by atoms with Crippen molar-refractivity contribution < 1.29 is 9.59 Å². The highest BCUT2D eigenvalue weighted by molar-refractivity contribution is 6.20. The maximum Gasteiger partial charge on any atom is 0.264 e. The van der Waals surface area contributed by atoms with Crippen molar-refractivity contribution >= 4 is 23.3 Å². The summed E-state index contributed by atoms with van der Waals surface area (Å²) >= 11 is 0. The fraction of sp³-hybridized carbons (Fsp3) is 0.308. The lowest BCUT2D eigenvalue weighted by molar-refractivity contribution is -0.117. The van der Waals surface area contributed by atoms with Crippen molar-refractivity contribution in [2.45, 2.75) is 40.0 Å². The standard InChI is InChI=1S/C26H28N4O2/c1-16(2)15-28-25(32)21(14-27)22-19-8-6-7-9-20(19)23(29-22)30-24(31)17-10-12-18(13-11-17)26(3,4)5/h6-13,16H,15H2,1-5H3,(H,28,32)(H,29,30,31)/b22-21-. The number of nitrogens with zero attached hydrogens (tertiary/aromatic N) is 2. The second kappa shape index (κ2) is 9.19. The second-order valence-corrected chi connectivity index (χ2v) is 9.23. The van der Waals surface area contributed by atoms with Crippen LogP contribution in [0.1, 0.15) is 61.7 Å². The molecule has 32 heavy (non-hydrogen) atoms. The van der Waals surface area contributed by atoms with Crippen molar-refractivity contribution in [2.75, 3.05) is 6.54 Å². The van der Waals surface area contributed by atoms with E-state index in [-0.39, 0.29) is 28.5 Å². The first kappa shape index (κ1) is 23.0. The third kappa shape index (κ3) is 4.94. The van der Waals surface area contributed by atoms with Crippen molar-refractivity contribution in [2.24, 2.45) is 10.9 Å². The summed E-state index contributed by atoms with van der Waals surface area (Å²) in [6.45, 7) is 10.8. The zero-order chi connectivity index (χ0) is 23.5. The lowest BCUT2D eigenvalue weighted by Gasteiger charge is -2.19. The highest BCUT2D eigenvalue weighted by Gasteiger charge is 2.27. The Morgan fingerprint density at radius 3 is 2.22 bits per heavy atom. The Bertz CT molecular complexity index is 1140. The van der Waals surface area contributed by atoms with Gasteiger partial charge in [0.1, 0.15) is 17.5 Å². The highest BCUT2D eigenvalue weighted by Crippen LogP contribution is 2.30. The molecule has 6 nitrogen and oxygen atoms in total. The molecular weight excluding hydrogens is 400 g/mol. The molecule has 0 bridgehead atoms. The number of amides is 2. The quantitative estimate of drug-likeness (QED) is 0.565. The average molecular weight is 429 g/mol. The number of rotatable bonds is 4. The van der Waals surface area contributed by atoms with Gasteiger partial charge in [0.2, 0.25) is 0 Å². The Kier molecular flexibility index (Phi) is 6.59. The van der Waals surface area contributed by atoms with Crippen molar-refractivity contribution in [3.05, 3.63) is 76.4 Å². The van der Waals surface area contributed by atoms with Gasteiger partial charge in [-0.3, -0.25) is 9.59 Å². The molecule has 0 unspecified atom stereocenters. The number of nitriles is 1. The van der Waals surface area contributed by atoms with Crippen LogP contribution < -0.4 is 10.6 Å². The van der Waals surface area contributed by atoms with E-state index in [1.165, 1.54) is 0 Å². The normalized spacial score (nSPS) is 14.3. The number of hydrogen-bond acceptors (Lipinski definition) is 4. The van der Waals surface area contributed by atoms with Gasteiger partial charge in [0.05, 0.1) is 5.70 Å². The van der Waals surface area contributed by atoms with E-state index in [1.54, 1.807) is 18.2 Å². The minimum absolute atomic E-state index is 0.00693. The fourth-order valence-corrected chi connectivity index (χ4v) is 3.31. The zero-order valence-corrected chi connectivity index (χ0v) is 19.1. The molecule has 0 aromatic heterocycles. The number of carbonyl (C=O) groups excluding carboxylic acids is 2. The van der Waals surface area contributed by atoms with Crippen LogP contribution in [-0.2, 0) is 10.2 Å². The molecule has 2 aromatic carbocycles. The maximum atomic E-state index is 12.9.